The van der Waals surface area contributed by atoms with E-state index in [1.165, 1.54) is 18.3 Å². The van der Waals surface area contributed by atoms with Crippen molar-refractivity contribution >= 4 is 38.4 Å². The summed E-state index contributed by atoms with van der Waals surface area (Å²) in [7, 11) is -2.20. The molecule has 0 spiro atoms. The summed E-state index contributed by atoms with van der Waals surface area (Å²) in [5.41, 5.74) is 2.34. The first-order valence-corrected chi connectivity index (χ1v) is 10.6. The van der Waals surface area contributed by atoms with Crippen LogP contribution in [-0.2, 0) is 21.8 Å². The highest BCUT2D eigenvalue weighted by Gasteiger charge is 2.20. The van der Waals surface area contributed by atoms with Crippen molar-refractivity contribution in [1.82, 2.24) is 14.8 Å². The highest BCUT2D eigenvalue weighted by molar-refractivity contribution is 7.92. The van der Waals surface area contributed by atoms with Crippen LogP contribution in [0.4, 0.5) is 11.4 Å². The molecule has 9 nitrogen and oxygen atoms in total. The van der Waals surface area contributed by atoms with Gasteiger partial charge in [0.1, 0.15) is 4.90 Å². The highest BCUT2D eigenvalue weighted by Crippen LogP contribution is 2.27. The summed E-state index contributed by atoms with van der Waals surface area (Å²) in [6, 6.07) is 6.21. The number of carbonyl (C=O) groups excluding carboxylic acids is 1. The fraction of sp³-hybridized carbons (Fsp3) is 0.316. The van der Waals surface area contributed by atoms with E-state index in [-0.39, 0.29) is 22.8 Å². The van der Waals surface area contributed by atoms with Gasteiger partial charge in [-0.2, -0.15) is 5.10 Å². The number of ether oxygens (including phenoxy) is 1. The van der Waals surface area contributed by atoms with E-state index >= 15 is 0 Å². The molecule has 1 aromatic carbocycles. The number of carbonyl (C=O) groups is 1. The van der Waals surface area contributed by atoms with E-state index < -0.39 is 16.0 Å². The van der Waals surface area contributed by atoms with Gasteiger partial charge in [-0.3, -0.25) is 9.40 Å². The van der Waals surface area contributed by atoms with Crippen LogP contribution < -0.4 is 10.0 Å². The number of esters is 1. The maximum atomic E-state index is 13.0. The lowest BCUT2D eigenvalue weighted by Crippen LogP contribution is -2.16. The highest BCUT2D eigenvalue weighted by atomic mass is 32.2. The number of aryl methyl sites for hydroxylation is 2. The topological polar surface area (TPSA) is 115 Å². The number of fused-ring (bicyclic) bond motifs is 1. The van der Waals surface area contributed by atoms with Crippen LogP contribution in [0, 0.1) is 6.92 Å². The molecule has 0 atom stereocenters. The predicted molar refractivity (Wildman–Crippen MR) is 111 cm³/mol. The van der Waals surface area contributed by atoms with Crippen LogP contribution in [0.5, 0.6) is 0 Å². The number of aromatic nitrogens is 3. The maximum absolute atomic E-state index is 13.0. The number of nitrogens with zero attached hydrogens (tertiary/aromatic N) is 3. The van der Waals surface area contributed by atoms with Crippen molar-refractivity contribution < 1.29 is 17.9 Å². The van der Waals surface area contributed by atoms with Gasteiger partial charge < -0.3 is 10.1 Å². The van der Waals surface area contributed by atoms with Crippen LogP contribution in [0.15, 0.2) is 35.4 Å². The summed E-state index contributed by atoms with van der Waals surface area (Å²) >= 11 is 0. The molecular weight excluding hydrogens is 394 g/mol. The van der Waals surface area contributed by atoms with Crippen molar-refractivity contribution in [2.45, 2.75) is 25.7 Å². The molecule has 0 unspecified atom stereocenters. The standard InChI is InChI=1S/C19H23N5O4S/c1-5-20-16-8-7-13(19(25)28-6-2)9-17(16)23-29(26,27)14-10-15-12(3)22-24(4)18(15)21-11-14/h7-11,20,23H,5-6H2,1-4H3. The predicted octanol–water partition coefficient (Wildman–Crippen LogP) is 2.69. The minimum atomic E-state index is -3.95. The average Bonchev–Trinajstić information content (AvgIpc) is 2.97. The quantitative estimate of drug-likeness (QED) is 0.568. The third kappa shape index (κ3) is 4.16. The van der Waals surface area contributed by atoms with Crippen molar-refractivity contribution in [3.63, 3.8) is 0 Å². The number of rotatable bonds is 7. The molecule has 2 aromatic heterocycles. The molecule has 0 aliphatic rings. The van der Waals surface area contributed by atoms with Crippen LogP contribution in [-0.4, -0.2) is 42.3 Å². The molecule has 2 heterocycles. The second-order valence-electron chi connectivity index (χ2n) is 6.37. The Morgan fingerprint density at radius 3 is 2.66 bits per heavy atom. The molecule has 2 N–H and O–H groups in total. The van der Waals surface area contributed by atoms with E-state index in [1.807, 2.05) is 6.92 Å². The molecule has 0 bridgehead atoms. The monoisotopic (exact) mass is 417 g/mol. The second kappa shape index (κ2) is 8.08. The first-order chi connectivity index (χ1) is 13.8. The Bertz CT molecular complexity index is 1170. The minimum absolute atomic E-state index is 0.00471. The second-order valence-corrected chi connectivity index (χ2v) is 8.05. The molecule has 0 saturated heterocycles. The van der Waals surface area contributed by atoms with E-state index in [1.54, 1.807) is 37.7 Å². The van der Waals surface area contributed by atoms with Gasteiger partial charge in [-0.1, -0.05) is 0 Å². The third-order valence-corrected chi connectivity index (χ3v) is 5.62. The van der Waals surface area contributed by atoms with Gasteiger partial charge in [0.05, 0.1) is 29.2 Å². The Kier molecular flexibility index (Phi) is 5.73. The fourth-order valence-corrected chi connectivity index (χ4v) is 3.99. The number of sulfonamides is 1. The Hall–Kier alpha value is -3.14. The molecule has 0 aliphatic carbocycles. The van der Waals surface area contributed by atoms with Gasteiger partial charge in [0.15, 0.2) is 5.65 Å². The smallest absolute Gasteiger partial charge is 0.338 e. The van der Waals surface area contributed by atoms with E-state index in [0.29, 0.717) is 29.0 Å². The SMILES string of the molecule is CCNc1ccc(C(=O)OCC)cc1NS(=O)(=O)c1cnc2c(c1)c(C)nn2C. The van der Waals surface area contributed by atoms with Crippen molar-refractivity contribution in [3.8, 4) is 0 Å². The summed E-state index contributed by atoms with van der Waals surface area (Å²) in [5.74, 6) is -0.523. The number of nitrogens with one attached hydrogen (secondary N) is 2. The molecule has 0 radical (unpaired) electrons. The van der Waals surface area contributed by atoms with Crippen LogP contribution in [0.1, 0.15) is 29.9 Å². The number of hydrogen-bond donors (Lipinski definition) is 2. The average molecular weight is 417 g/mol. The van der Waals surface area contributed by atoms with Gasteiger partial charge in [0, 0.05) is 25.2 Å². The number of benzene rings is 1. The zero-order chi connectivity index (χ0) is 21.2. The number of hydrogen-bond acceptors (Lipinski definition) is 7. The summed E-state index contributed by atoms with van der Waals surface area (Å²) in [4.78, 5) is 16.3. The van der Waals surface area contributed by atoms with Crippen LogP contribution in [0.25, 0.3) is 11.0 Å². The zero-order valence-electron chi connectivity index (χ0n) is 16.7. The van der Waals surface area contributed by atoms with Gasteiger partial charge in [0.2, 0.25) is 0 Å². The van der Waals surface area contributed by atoms with Crippen LogP contribution in [0.3, 0.4) is 0 Å². The molecule has 3 rings (SSSR count). The summed E-state index contributed by atoms with van der Waals surface area (Å²) < 4.78 is 35.2. The third-order valence-electron chi connectivity index (χ3n) is 4.29. The number of anilines is 2. The molecule has 3 aromatic rings. The lowest BCUT2D eigenvalue weighted by molar-refractivity contribution is 0.0526. The van der Waals surface area contributed by atoms with E-state index in [9.17, 15) is 13.2 Å². The van der Waals surface area contributed by atoms with Crippen LogP contribution in [0.2, 0.25) is 0 Å². The first-order valence-electron chi connectivity index (χ1n) is 9.14. The lowest BCUT2D eigenvalue weighted by atomic mass is 10.1. The Labute approximate surface area is 169 Å². The first kappa shape index (κ1) is 20.6. The van der Waals surface area contributed by atoms with Crippen molar-refractivity contribution in [2.24, 2.45) is 7.05 Å². The zero-order valence-corrected chi connectivity index (χ0v) is 17.5. The normalized spacial score (nSPS) is 11.4. The Morgan fingerprint density at radius 2 is 1.97 bits per heavy atom. The molecule has 154 valence electrons. The molecule has 0 fully saturated rings. The minimum Gasteiger partial charge on any atom is -0.462 e. The molecular formula is C19H23N5O4S. The van der Waals surface area contributed by atoms with E-state index in [4.69, 9.17) is 4.74 Å². The van der Waals surface area contributed by atoms with Gasteiger partial charge in [0.25, 0.3) is 10.0 Å². The fourth-order valence-electron chi connectivity index (χ4n) is 2.95. The summed E-state index contributed by atoms with van der Waals surface area (Å²) in [5, 5.41) is 8.00. The van der Waals surface area contributed by atoms with E-state index in [2.05, 4.69) is 20.1 Å². The van der Waals surface area contributed by atoms with Gasteiger partial charge in [-0.05, 0) is 45.0 Å². The molecule has 0 aliphatic heterocycles. The van der Waals surface area contributed by atoms with Crippen molar-refractivity contribution in [1.29, 1.82) is 0 Å². The van der Waals surface area contributed by atoms with Crippen molar-refractivity contribution in [2.75, 3.05) is 23.2 Å². The largest absolute Gasteiger partial charge is 0.462 e. The molecule has 10 heteroatoms. The van der Waals surface area contributed by atoms with Gasteiger partial charge >= 0.3 is 5.97 Å². The number of pyridine rings is 1. The lowest BCUT2D eigenvalue weighted by Gasteiger charge is -2.15. The van der Waals surface area contributed by atoms with E-state index in [0.717, 1.165) is 0 Å². The summed E-state index contributed by atoms with van der Waals surface area (Å²) in [6.45, 7) is 6.19. The summed E-state index contributed by atoms with van der Waals surface area (Å²) in [6.07, 6.45) is 1.29. The van der Waals surface area contributed by atoms with Crippen molar-refractivity contribution in [3.05, 3.63) is 41.7 Å². The molecule has 0 saturated carbocycles. The van der Waals surface area contributed by atoms with Crippen LogP contribution >= 0.6 is 0 Å². The molecule has 0 amide bonds. The van der Waals surface area contributed by atoms with Gasteiger partial charge in [-0.15, -0.1) is 0 Å². The van der Waals surface area contributed by atoms with Gasteiger partial charge in [-0.25, -0.2) is 18.2 Å². The Morgan fingerprint density at radius 1 is 1.21 bits per heavy atom. The molecule has 29 heavy (non-hydrogen) atoms. The maximum Gasteiger partial charge on any atom is 0.338 e. The Balaban J connectivity index is 2.01.